The molecule has 1 aromatic heterocycles. The van der Waals surface area contributed by atoms with Gasteiger partial charge in [-0.25, -0.2) is 14.4 Å². The number of rotatable bonds is 7. The van der Waals surface area contributed by atoms with E-state index in [-0.39, 0.29) is 11.7 Å². The molecule has 0 aliphatic heterocycles. The van der Waals surface area contributed by atoms with Crippen molar-refractivity contribution in [2.75, 3.05) is 31.6 Å². The van der Waals surface area contributed by atoms with Crippen LogP contribution in [0.4, 0.5) is 10.3 Å². The van der Waals surface area contributed by atoms with Gasteiger partial charge in [0.1, 0.15) is 5.82 Å². The number of nitrogens with zero attached hydrogens (tertiary/aromatic N) is 3. The zero-order valence-corrected chi connectivity index (χ0v) is 15.4. The second-order valence-electron chi connectivity index (χ2n) is 5.36. The molecule has 1 atom stereocenters. The number of nitrogens with one attached hydrogen (secondary N) is 1. The molecule has 0 saturated carbocycles. The third kappa shape index (κ3) is 5.89. The number of likely N-dealkylation sites (N-methyl/N-ethyl adjacent to an activating group) is 2. The van der Waals surface area contributed by atoms with Crippen LogP contribution in [-0.2, 0) is 0 Å². The van der Waals surface area contributed by atoms with E-state index >= 15 is 0 Å². The third-order valence-corrected chi connectivity index (χ3v) is 3.74. The van der Waals surface area contributed by atoms with Crippen LogP contribution < -0.4 is 10.2 Å². The normalized spacial score (nSPS) is 11.4. The molecule has 1 heterocycles. The fraction of sp³-hybridized carbons (Fsp3) is 0.474. The zero-order valence-electron chi connectivity index (χ0n) is 15.4. The minimum Gasteiger partial charge on any atom is -0.343 e. The second-order valence-corrected chi connectivity index (χ2v) is 5.36. The van der Waals surface area contributed by atoms with Crippen LogP contribution >= 0.6 is 0 Å². The molecule has 132 valence electrons. The largest absolute Gasteiger partial charge is 0.343 e. The molecule has 24 heavy (non-hydrogen) atoms. The number of hydrogen-bond acceptors (Lipinski definition) is 4. The maximum Gasteiger partial charge on any atom is 0.225 e. The molecule has 0 radical (unpaired) electrons. The van der Waals surface area contributed by atoms with Gasteiger partial charge in [-0.2, -0.15) is 0 Å². The summed E-state index contributed by atoms with van der Waals surface area (Å²) in [5, 5.41) is 3.28. The van der Waals surface area contributed by atoms with Crippen molar-refractivity contribution < 1.29 is 4.39 Å². The SMILES string of the molecule is CC.CCNCCN(C)c1ncc(C(C)c2ccc(F)cc2)cn1. The number of anilines is 1. The molecule has 1 unspecified atom stereocenters. The standard InChI is InChI=1S/C17H23FN4.C2H6/c1-4-19-9-10-22(3)17-20-11-15(12-21-17)13(2)14-5-7-16(18)8-6-14;1-2/h5-8,11-13,19H,4,9-10H2,1-3H3;1-2H3. The summed E-state index contributed by atoms with van der Waals surface area (Å²) >= 11 is 0. The first-order valence-electron chi connectivity index (χ1n) is 8.61. The second kappa shape index (κ2) is 10.7. The lowest BCUT2D eigenvalue weighted by Crippen LogP contribution is -2.30. The molecule has 4 nitrogen and oxygen atoms in total. The van der Waals surface area contributed by atoms with Gasteiger partial charge in [0.2, 0.25) is 5.95 Å². The first-order chi connectivity index (χ1) is 11.6. The van der Waals surface area contributed by atoms with E-state index in [1.807, 2.05) is 38.2 Å². The van der Waals surface area contributed by atoms with Gasteiger partial charge in [-0.05, 0) is 29.8 Å². The van der Waals surface area contributed by atoms with Gasteiger partial charge in [0.05, 0.1) is 0 Å². The third-order valence-electron chi connectivity index (χ3n) is 3.74. The highest BCUT2D eigenvalue weighted by Gasteiger charge is 2.11. The molecule has 0 aliphatic carbocycles. The molecular weight excluding hydrogens is 303 g/mol. The van der Waals surface area contributed by atoms with E-state index in [9.17, 15) is 4.39 Å². The van der Waals surface area contributed by atoms with Crippen LogP contribution in [0.25, 0.3) is 0 Å². The van der Waals surface area contributed by atoms with Crippen LogP contribution in [0, 0.1) is 5.82 Å². The summed E-state index contributed by atoms with van der Waals surface area (Å²) < 4.78 is 13.0. The van der Waals surface area contributed by atoms with Gasteiger partial charge in [0.15, 0.2) is 0 Å². The summed E-state index contributed by atoms with van der Waals surface area (Å²) in [4.78, 5) is 10.9. The Morgan fingerprint density at radius 1 is 1.08 bits per heavy atom. The van der Waals surface area contributed by atoms with Crippen LogP contribution in [-0.4, -0.2) is 36.6 Å². The molecule has 0 bridgehead atoms. The maximum absolute atomic E-state index is 13.0. The van der Waals surface area contributed by atoms with E-state index in [1.165, 1.54) is 12.1 Å². The highest BCUT2D eigenvalue weighted by Crippen LogP contribution is 2.23. The van der Waals surface area contributed by atoms with Crippen LogP contribution in [0.5, 0.6) is 0 Å². The predicted octanol–water partition coefficient (Wildman–Crippen LogP) is 3.84. The smallest absolute Gasteiger partial charge is 0.225 e. The van der Waals surface area contributed by atoms with Crippen molar-refractivity contribution >= 4 is 5.95 Å². The van der Waals surface area contributed by atoms with Crippen molar-refractivity contribution in [1.82, 2.24) is 15.3 Å². The summed E-state index contributed by atoms with van der Waals surface area (Å²) in [5.74, 6) is 0.638. The Kier molecular flexibility index (Phi) is 8.94. The summed E-state index contributed by atoms with van der Waals surface area (Å²) in [6, 6.07) is 6.57. The number of benzene rings is 1. The molecule has 2 rings (SSSR count). The Morgan fingerprint density at radius 2 is 1.67 bits per heavy atom. The van der Waals surface area contributed by atoms with Crippen molar-refractivity contribution in [2.45, 2.75) is 33.6 Å². The highest BCUT2D eigenvalue weighted by molar-refractivity contribution is 5.33. The van der Waals surface area contributed by atoms with Gasteiger partial charge in [-0.15, -0.1) is 0 Å². The molecule has 1 N–H and O–H groups in total. The van der Waals surface area contributed by atoms with E-state index in [4.69, 9.17) is 0 Å². The predicted molar refractivity (Wildman–Crippen MR) is 99.1 cm³/mol. The average molecular weight is 332 g/mol. The van der Waals surface area contributed by atoms with Gasteiger partial charge < -0.3 is 10.2 Å². The van der Waals surface area contributed by atoms with Crippen LogP contribution in [0.15, 0.2) is 36.7 Å². The molecule has 1 aromatic carbocycles. The molecule has 0 aliphatic rings. The van der Waals surface area contributed by atoms with Gasteiger partial charge in [0, 0.05) is 38.4 Å². The van der Waals surface area contributed by atoms with E-state index < -0.39 is 0 Å². The van der Waals surface area contributed by atoms with E-state index in [0.717, 1.165) is 30.8 Å². The summed E-state index contributed by atoms with van der Waals surface area (Å²) in [6.45, 7) is 10.9. The van der Waals surface area contributed by atoms with Gasteiger partial charge in [-0.3, -0.25) is 0 Å². The number of hydrogen-bond donors (Lipinski definition) is 1. The van der Waals surface area contributed by atoms with E-state index in [0.29, 0.717) is 5.95 Å². The van der Waals surface area contributed by atoms with Crippen LogP contribution in [0.2, 0.25) is 0 Å². The number of aromatic nitrogens is 2. The van der Waals surface area contributed by atoms with Crippen molar-refractivity contribution in [3.63, 3.8) is 0 Å². The fourth-order valence-corrected chi connectivity index (χ4v) is 2.22. The minimum atomic E-state index is -0.218. The first kappa shape index (κ1) is 20.0. The topological polar surface area (TPSA) is 41.0 Å². The zero-order chi connectivity index (χ0) is 17.9. The van der Waals surface area contributed by atoms with Gasteiger partial charge in [0.25, 0.3) is 0 Å². The Hall–Kier alpha value is -2.01. The van der Waals surface area contributed by atoms with E-state index in [1.54, 1.807) is 12.1 Å². The molecule has 0 amide bonds. The lowest BCUT2D eigenvalue weighted by atomic mass is 9.95. The van der Waals surface area contributed by atoms with Crippen molar-refractivity contribution in [2.24, 2.45) is 0 Å². The van der Waals surface area contributed by atoms with Gasteiger partial charge in [-0.1, -0.05) is 39.8 Å². The Morgan fingerprint density at radius 3 is 2.21 bits per heavy atom. The summed E-state index contributed by atoms with van der Waals surface area (Å²) in [6.07, 6.45) is 3.69. The number of halogens is 1. The lowest BCUT2D eigenvalue weighted by Gasteiger charge is -2.18. The lowest BCUT2D eigenvalue weighted by molar-refractivity contribution is 0.626. The maximum atomic E-state index is 13.0. The molecule has 2 aromatic rings. The van der Waals surface area contributed by atoms with Crippen LogP contribution in [0.1, 0.15) is 44.7 Å². The molecule has 0 saturated heterocycles. The quantitative estimate of drug-likeness (QED) is 0.782. The van der Waals surface area contributed by atoms with Gasteiger partial charge >= 0.3 is 0 Å². The molecule has 0 fully saturated rings. The van der Waals surface area contributed by atoms with Crippen molar-refractivity contribution in [3.8, 4) is 0 Å². The fourth-order valence-electron chi connectivity index (χ4n) is 2.22. The van der Waals surface area contributed by atoms with Crippen molar-refractivity contribution in [1.29, 1.82) is 0 Å². The Bertz CT molecular complexity index is 569. The summed E-state index contributed by atoms with van der Waals surface area (Å²) in [7, 11) is 1.98. The van der Waals surface area contributed by atoms with Crippen molar-refractivity contribution in [3.05, 3.63) is 53.6 Å². The average Bonchev–Trinajstić information content (AvgIpc) is 2.64. The minimum absolute atomic E-state index is 0.140. The monoisotopic (exact) mass is 332 g/mol. The van der Waals surface area contributed by atoms with Crippen LogP contribution in [0.3, 0.4) is 0 Å². The van der Waals surface area contributed by atoms with E-state index in [2.05, 4.69) is 29.1 Å². The first-order valence-corrected chi connectivity index (χ1v) is 8.61. The molecular formula is C19H29FN4. The Balaban J connectivity index is 0.00000139. The Labute approximate surface area is 145 Å². The molecule has 0 spiro atoms. The highest BCUT2D eigenvalue weighted by atomic mass is 19.1. The summed E-state index contributed by atoms with van der Waals surface area (Å²) in [5.41, 5.74) is 2.08. The molecule has 5 heteroatoms.